The maximum Gasteiger partial charge on any atom is 0.173 e. The molecule has 5 heteroatoms. The zero-order valence-corrected chi connectivity index (χ0v) is 10.3. The molecule has 1 aromatic carbocycles. The van der Waals surface area contributed by atoms with Crippen LogP contribution in [0.15, 0.2) is 23.4 Å². The van der Waals surface area contributed by atoms with E-state index >= 15 is 0 Å². The third kappa shape index (κ3) is 3.64. The fraction of sp³-hybridized carbons (Fsp3) is 0.417. The van der Waals surface area contributed by atoms with Gasteiger partial charge in [-0.2, -0.15) is 0 Å². The molecule has 5 nitrogen and oxygen atoms in total. The molecule has 1 rings (SSSR count). The molecule has 0 aromatic heterocycles. The van der Waals surface area contributed by atoms with Crippen LogP contribution in [-0.2, 0) is 11.3 Å². The number of amidine groups is 1. The summed E-state index contributed by atoms with van der Waals surface area (Å²) < 4.78 is 10.6. The van der Waals surface area contributed by atoms with E-state index in [2.05, 4.69) is 5.16 Å². The minimum Gasteiger partial charge on any atom is -0.496 e. The number of hydrogen-bond donors (Lipinski definition) is 2. The van der Waals surface area contributed by atoms with Crippen LogP contribution < -0.4 is 10.5 Å². The molecule has 0 bridgehead atoms. The van der Waals surface area contributed by atoms with Gasteiger partial charge in [0.15, 0.2) is 5.84 Å². The minimum atomic E-state index is 0.0215. The largest absolute Gasteiger partial charge is 0.496 e. The fourth-order valence-electron chi connectivity index (χ4n) is 1.36. The molecular formula is C12H18N2O3. The summed E-state index contributed by atoms with van der Waals surface area (Å²) in [6.45, 7) is 4.41. The smallest absolute Gasteiger partial charge is 0.173 e. The van der Waals surface area contributed by atoms with Gasteiger partial charge < -0.3 is 20.4 Å². The van der Waals surface area contributed by atoms with Gasteiger partial charge in [-0.15, -0.1) is 0 Å². The summed E-state index contributed by atoms with van der Waals surface area (Å²) in [5.41, 5.74) is 7.08. The average molecular weight is 238 g/mol. The third-order valence-electron chi connectivity index (χ3n) is 2.23. The maximum absolute atomic E-state index is 8.69. The molecule has 0 saturated carbocycles. The Balaban J connectivity index is 2.96. The van der Waals surface area contributed by atoms with E-state index in [0.717, 1.165) is 5.56 Å². The quantitative estimate of drug-likeness (QED) is 0.354. The summed E-state index contributed by atoms with van der Waals surface area (Å²) in [7, 11) is 1.54. The maximum atomic E-state index is 8.69. The molecule has 0 aliphatic carbocycles. The standard InChI is InChI=1S/C12H18N2O3/c1-8(2)17-7-9-4-5-11(16-3)10(6-9)12(13)14-15/h4-6,8,15H,7H2,1-3H3,(H2,13,14). The Labute approximate surface area is 101 Å². The van der Waals surface area contributed by atoms with Gasteiger partial charge in [-0.05, 0) is 31.5 Å². The predicted octanol–water partition coefficient (Wildman–Crippen LogP) is 1.71. The number of rotatable bonds is 5. The van der Waals surface area contributed by atoms with E-state index in [-0.39, 0.29) is 11.9 Å². The highest BCUT2D eigenvalue weighted by Crippen LogP contribution is 2.20. The molecule has 3 N–H and O–H groups in total. The second-order valence-corrected chi connectivity index (χ2v) is 3.88. The lowest BCUT2D eigenvalue weighted by Crippen LogP contribution is -2.15. The van der Waals surface area contributed by atoms with E-state index in [0.29, 0.717) is 17.9 Å². The van der Waals surface area contributed by atoms with Crippen molar-refractivity contribution in [2.24, 2.45) is 10.9 Å². The molecule has 0 heterocycles. The summed E-state index contributed by atoms with van der Waals surface area (Å²) in [4.78, 5) is 0. The summed E-state index contributed by atoms with van der Waals surface area (Å²) in [5.74, 6) is 0.585. The zero-order valence-electron chi connectivity index (χ0n) is 10.3. The Morgan fingerprint density at radius 3 is 2.71 bits per heavy atom. The van der Waals surface area contributed by atoms with Crippen LogP contribution in [-0.4, -0.2) is 24.3 Å². The van der Waals surface area contributed by atoms with Gasteiger partial charge in [-0.3, -0.25) is 0 Å². The normalized spacial score (nSPS) is 11.9. The first kappa shape index (κ1) is 13.3. The van der Waals surface area contributed by atoms with Crippen LogP contribution in [0.4, 0.5) is 0 Å². The number of hydrogen-bond acceptors (Lipinski definition) is 4. The van der Waals surface area contributed by atoms with E-state index in [1.807, 2.05) is 19.9 Å². The Hall–Kier alpha value is -1.75. The monoisotopic (exact) mass is 238 g/mol. The van der Waals surface area contributed by atoms with Gasteiger partial charge in [0.25, 0.3) is 0 Å². The second-order valence-electron chi connectivity index (χ2n) is 3.88. The second kappa shape index (κ2) is 6.10. The molecule has 0 atom stereocenters. The van der Waals surface area contributed by atoms with E-state index in [4.69, 9.17) is 20.4 Å². The molecule has 0 fully saturated rings. The van der Waals surface area contributed by atoms with Gasteiger partial charge in [0, 0.05) is 0 Å². The number of oxime groups is 1. The number of methoxy groups -OCH3 is 1. The van der Waals surface area contributed by atoms with Gasteiger partial charge >= 0.3 is 0 Å². The SMILES string of the molecule is COc1ccc(COC(C)C)cc1C(N)=NO. The van der Waals surface area contributed by atoms with Crippen molar-refractivity contribution in [3.05, 3.63) is 29.3 Å². The fourth-order valence-corrected chi connectivity index (χ4v) is 1.36. The molecule has 0 aliphatic heterocycles. The first-order valence-corrected chi connectivity index (χ1v) is 5.35. The number of nitrogens with two attached hydrogens (primary N) is 1. The van der Waals surface area contributed by atoms with Crippen LogP contribution in [0.25, 0.3) is 0 Å². The summed E-state index contributed by atoms with van der Waals surface area (Å²) in [6, 6.07) is 5.44. The number of benzene rings is 1. The first-order chi connectivity index (χ1) is 8.08. The van der Waals surface area contributed by atoms with Crippen molar-refractivity contribution < 1.29 is 14.7 Å². The van der Waals surface area contributed by atoms with Crippen LogP contribution in [0.5, 0.6) is 5.75 Å². The zero-order chi connectivity index (χ0) is 12.8. The number of ether oxygens (including phenoxy) is 2. The molecule has 1 aromatic rings. The Kier molecular flexibility index (Phi) is 4.78. The van der Waals surface area contributed by atoms with Gasteiger partial charge in [-0.25, -0.2) is 0 Å². The molecule has 94 valence electrons. The molecular weight excluding hydrogens is 220 g/mol. The van der Waals surface area contributed by atoms with Crippen molar-refractivity contribution >= 4 is 5.84 Å². The number of nitrogens with zero attached hydrogens (tertiary/aromatic N) is 1. The highest BCUT2D eigenvalue weighted by atomic mass is 16.5. The Morgan fingerprint density at radius 2 is 2.18 bits per heavy atom. The van der Waals surface area contributed by atoms with Crippen molar-refractivity contribution in [3.63, 3.8) is 0 Å². The van der Waals surface area contributed by atoms with Crippen LogP contribution >= 0.6 is 0 Å². The highest BCUT2D eigenvalue weighted by Gasteiger charge is 2.09. The molecule has 17 heavy (non-hydrogen) atoms. The lowest BCUT2D eigenvalue weighted by Gasteiger charge is -2.11. The van der Waals surface area contributed by atoms with Gasteiger partial charge in [0.2, 0.25) is 0 Å². The lowest BCUT2D eigenvalue weighted by atomic mass is 10.1. The van der Waals surface area contributed by atoms with E-state index in [1.54, 1.807) is 12.1 Å². The summed E-state index contributed by atoms with van der Waals surface area (Å²) in [6.07, 6.45) is 0.157. The molecule has 0 saturated heterocycles. The van der Waals surface area contributed by atoms with Gasteiger partial charge in [-0.1, -0.05) is 11.2 Å². The van der Waals surface area contributed by atoms with Crippen LogP contribution in [0.3, 0.4) is 0 Å². The van der Waals surface area contributed by atoms with E-state index in [9.17, 15) is 0 Å². The predicted molar refractivity (Wildman–Crippen MR) is 65.4 cm³/mol. The Bertz CT molecular complexity index is 403. The molecule has 0 spiro atoms. The first-order valence-electron chi connectivity index (χ1n) is 5.35. The molecule has 0 amide bonds. The van der Waals surface area contributed by atoms with Crippen molar-refractivity contribution in [1.29, 1.82) is 0 Å². The van der Waals surface area contributed by atoms with E-state index < -0.39 is 0 Å². The van der Waals surface area contributed by atoms with Crippen molar-refractivity contribution in [3.8, 4) is 5.75 Å². The Morgan fingerprint density at radius 1 is 1.47 bits per heavy atom. The molecule has 0 unspecified atom stereocenters. The van der Waals surface area contributed by atoms with Gasteiger partial charge in [0.1, 0.15) is 5.75 Å². The lowest BCUT2D eigenvalue weighted by molar-refractivity contribution is 0.0657. The highest BCUT2D eigenvalue weighted by molar-refractivity contribution is 5.99. The van der Waals surface area contributed by atoms with Crippen molar-refractivity contribution in [2.45, 2.75) is 26.6 Å². The van der Waals surface area contributed by atoms with Crippen molar-refractivity contribution in [1.82, 2.24) is 0 Å². The van der Waals surface area contributed by atoms with E-state index in [1.165, 1.54) is 7.11 Å². The van der Waals surface area contributed by atoms with Crippen LogP contribution in [0.2, 0.25) is 0 Å². The average Bonchev–Trinajstić information content (AvgIpc) is 2.34. The topological polar surface area (TPSA) is 77.1 Å². The van der Waals surface area contributed by atoms with Crippen molar-refractivity contribution in [2.75, 3.05) is 7.11 Å². The minimum absolute atomic E-state index is 0.0215. The summed E-state index contributed by atoms with van der Waals surface area (Å²) >= 11 is 0. The summed E-state index contributed by atoms with van der Waals surface area (Å²) in [5, 5.41) is 11.7. The van der Waals surface area contributed by atoms with Gasteiger partial charge in [0.05, 0.1) is 25.4 Å². The third-order valence-corrected chi connectivity index (χ3v) is 2.23. The van der Waals surface area contributed by atoms with Crippen LogP contribution in [0.1, 0.15) is 25.0 Å². The van der Waals surface area contributed by atoms with Crippen LogP contribution in [0, 0.1) is 0 Å². The molecule has 0 radical (unpaired) electrons. The molecule has 0 aliphatic rings.